The number of ether oxygens (including phenoxy) is 2. The largest absolute Gasteiger partial charge is 0.477 e. The van der Waals surface area contributed by atoms with Crippen LogP contribution in [0.2, 0.25) is 5.02 Å². The van der Waals surface area contributed by atoms with E-state index >= 15 is 0 Å². The van der Waals surface area contributed by atoms with Crippen molar-refractivity contribution in [3.8, 4) is 11.5 Å². The number of nitrogens with one attached hydrogen (secondary N) is 1. The number of anilines is 1. The summed E-state index contributed by atoms with van der Waals surface area (Å²) in [6, 6.07) is 17.2. The van der Waals surface area contributed by atoms with Crippen LogP contribution >= 0.6 is 11.6 Å². The fourth-order valence-electron chi connectivity index (χ4n) is 2.79. The molecule has 9 heteroatoms. The molecule has 3 aromatic rings. The highest BCUT2D eigenvalue weighted by Crippen LogP contribution is 2.32. The van der Waals surface area contributed by atoms with Crippen LogP contribution in [0, 0.1) is 17.0 Å². The lowest BCUT2D eigenvalue weighted by atomic mass is 10.1. The summed E-state index contributed by atoms with van der Waals surface area (Å²) in [5.41, 5.74) is 2.04. The smallest absolute Gasteiger partial charge is 0.348 e. The first-order valence-electron chi connectivity index (χ1n) is 9.67. The number of aliphatic imine (C=N–C) groups is 1. The van der Waals surface area contributed by atoms with Crippen molar-refractivity contribution in [1.82, 2.24) is 0 Å². The fourth-order valence-corrected chi connectivity index (χ4v) is 3.01. The van der Waals surface area contributed by atoms with Gasteiger partial charge in [-0.15, -0.1) is 0 Å². The minimum absolute atomic E-state index is 0.0424. The van der Waals surface area contributed by atoms with E-state index < -0.39 is 11.0 Å². The van der Waals surface area contributed by atoms with Crippen molar-refractivity contribution in [1.29, 1.82) is 0 Å². The van der Waals surface area contributed by atoms with E-state index in [2.05, 4.69) is 10.3 Å². The lowest BCUT2D eigenvalue weighted by Gasteiger charge is -2.11. The van der Waals surface area contributed by atoms with Crippen LogP contribution < -0.4 is 10.1 Å². The summed E-state index contributed by atoms with van der Waals surface area (Å²) >= 11 is 6.27. The molecule has 164 valence electrons. The van der Waals surface area contributed by atoms with E-state index in [1.54, 1.807) is 12.1 Å². The molecule has 0 aromatic heterocycles. The zero-order valence-electron chi connectivity index (χ0n) is 17.4. The Morgan fingerprint density at radius 3 is 2.47 bits per heavy atom. The van der Waals surface area contributed by atoms with Gasteiger partial charge < -0.3 is 14.8 Å². The number of amides is 2. The lowest BCUT2D eigenvalue weighted by Crippen LogP contribution is -2.15. The molecule has 1 N–H and O–H groups in total. The Hall–Kier alpha value is -3.91. The molecule has 32 heavy (non-hydrogen) atoms. The third-order valence-electron chi connectivity index (χ3n) is 4.32. The van der Waals surface area contributed by atoms with Gasteiger partial charge >= 0.3 is 6.03 Å². The average molecular weight is 454 g/mol. The van der Waals surface area contributed by atoms with Crippen LogP contribution in [0.4, 0.5) is 16.2 Å². The van der Waals surface area contributed by atoms with E-state index in [1.807, 2.05) is 38.1 Å². The van der Waals surface area contributed by atoms with E-state index in [-0.39, 0.29) is 16.6 Å². The molecule has 0 atom stereocenters. The molecule has 0 spiro atoms. The first-order chi connectivity index (χ1) is 15.4. The molecule has 0 aliphatic carbocycles. The third-order valence-corrected chi connectivity index (χ3v) is 4.61. The van der Waals surface area contributed by atoms with Gasteiger partial charge in [-0.05, 0) is 55.8 Å². The van der Waals surface area contributed by atoms with E-state index in [0.717, 1.165) is 11.1 Å². The number of nitro benzene ring substituents is 1. The van der Waals surface area contributed by atoms with Gasteiger partial charge in [0.25, 0.3) is 5.69 Å². The fraction of sp³-hybridized carbons (Fsp3) is 0.130. The molecule has 0 aliphatic rings. The zero-order valence-corrected chi connectivity index (χ0v) is 18.1. The van der Waals surface area contributed by atoms with Gasteiger partial charge in [0.15, 0.2) is 0 Å². The summed E-state index contributed by atoms with van der Waals surface area (Å²) < 4.78 is 11.2. The number of rotatable bonds is 6. The van der Waals surface area contributed by atoms with Crippen LogP contribution in [0.3, 0.4) is 0 Å². The summed E-state index contributed by atoms with van der Waals surface area (Å²) in [6.07, 6.45) is 0. The molecule has 0 radical (unpaired) electrons. The number of benzene rings is 3. The van der Waals surface area contributed by atoms with E-state index in [4.69, 9.17) is 21.1 Å². The Bertz CT molecular complexity index is 1160. The van der Waals surface area contributed by atoms with Gasteiger partial charge in [-0.2, -0.15) is 4.99 Å². The van der Waals surface area contributed by atoms with Crippen LogP contribution in [0.25, 0.3) is 0 Å². The number of non-ortho nitro benzene ring substituents is 1. The van der Waals surface area contributed by atoms with Crippen LogP contribution in [0.15, 0.2) is 71.7 Å². The van der Waals surface area contributed by atoms with Gasteiger partial charge in [0.2, 0.25) is 5.90 Å². The van der Waals surface area contributed by atoms with Crippen molar-refractivity contribution in [3.05, 3.63) is 93.0 Å². The summed E-state index contributed by atoms with van der Waals surface area (Å²) in [5, 5.41) is 13.6. The number of hydrogen-bond donors (Lipinski definition) is 1. The third kappa shape index (κ3) is 5.83. The number of carbonyl (C=O) groups excluding carboxylic acids is 1. The molecular weight excluding hydrogens is 434 g/mol. The molecule has 0 unspecified atom stereocenters. The molecule has 0 bridgehead atoms. The van der Waals surface area contributed by atoms with Crippen molar-refractivity contribution in [2.24, 2.45) is 4.99 Å². The van der Waals surface area contributed by atoms with Crippen molar-refractivity contribution in [2.75, 3.05) is 11.9 Å². The van der Waals surface area contributed by atoms with Crippen molar-refractivity contribution in [2.45, 2.75) is 13.8 Å². The van der Waals surface area contributed by atoms with Crippen LogP contribution in [0.1, 0.15) is 18.1 Å². The summed E-state index contributed by atoms with van der Waals surface area (Å²) in [4.78, 5) is 26.7. The number of halogens is 1. The number of nitrogens with zero attached hydrogens (tertiary/aromatic N) is 2. The number of aryl methyl sites for hydroxylation is 1. The van der Waals surface area contributed by atoms with E-state index in [1.165, 1.54) is 30.3 Å². The normalized spacial score (nSPS) is 11.0. The quantitative estimate of drug-likeness (QED) is 0.202. The standard InChI is InChI=1S/C23H20ClN3O5/c1-3-31-22(19-7-5-4-6-15(19)2)26-23(28)25-16-8-13-21(20(24)14-16)32-18-11-9-17(10-12-18)27(29)30/h4-14H,3H2,1-2H3,(H,25,28). The molecular formula is C23H20ClN3O5. The first-order valence-corrected chi connectivity index (χ1v) is 10.1. The Morgan fingerprint density at radius 1 is 1.12 bits per heavy atom. The number of hydrogen-bond acceptors (Lipinski definition) is 5. The predicted octanol–water partition coefficient (Wildman–Crippen LogP) is 6.36. The van der Waals surface area contributed by atoms with Gasteiger partial charge in [0.1, 0.15) is 11.5 Å². The Morgan fingerprint density at radius 2 is 1.84 bits per heavy atom. The van der Waals surface area contributed by atoms with Crippen LogP contribution in [-0.2, 0) is 4.74 Å². The SMILES string of the molecule is CCOC(=NC(=O)Nc1ccc(Oc2ccc([N+](=O)[O-])cc2)c(Cl)c1)c1ccccc1C. The zero-order chi connectivity index (χ0) is 23.1. The topological polar surface area (TPSA) is 103 Å². The molecule has 0 saturated heterocycles. The van der Waals surface area contributed by atoms with Gasteiger partial charge in [-0.3, -0.25) is 10.1 Å². The number of carbonyl (C=O) groups is 1. The second kappa shape index (κ2) is 10.4. The lowest BCUT2D eigenvalue weighted by molar-refractivity contribution is -0.384. The van der Waals surface area contributed by atoms with Gasteiger partial charge in [-0.1, -0.05) is 29.8 Å². The van der Waals surface area contributed by atoms with Crippen LogP contribution in [0.5, 0.6) is 11.5 Å². The van der Waals surface area contributed by atoms with Crippen molar-refractivity contribution >= 4 is 34.9 Å². The highest BCUT2D eigenvalue weighted by molar-refractivity contribution is 6.32. The minimum Gasteiger partial charge on any atom is -0.477 e. The highest BCUT2D eigenvalue weighted by atomic mass is 35.5. The molecule has 3 aromatic carbocycles. The maximum atomic E-state index is 12.4. The Labute approximate surface area is 189 Å². The second-order valence-corrected chi connectivity index (χ2v) is 7.00. The van der Waals surface area contributed by atoms with Crippen molar-refractivity contribution < 1.29 is 19.2 Å². The monoisotopic (exact) mass is 453 g/mol. The Kier molecular flexibility index (Phi) is 7.41. The average Bonchev–Trinajstić information content (AvgIpc) is 2.76. The van der Waals surface area contributed by atoms with Gasteiger partial charge in [-0.25, -0.2) is 4.79 Å². The molecule has 8 nitrogen and oxygen atoms in total. The van der Waals surface area contributed by atoms with E-state index in [0.29, 0.717) is 23.8 Å². The minimum atomic E-state index is -0.614. The molecule has 0 saturated carbocycles. The molecule has 3 rings (SSSR count). The summed E-state index contributed by atoms with van der Waals surface area (Å²) in [5.74, 6) is 0.947. The predicted molar refractivity (Wildman–Crippen MR) is 123 cm³/mol. The van der Waals surface area contributed by atoms with Gasteiger partial charge in [0, 0.05) is 23.4 Å². The molecule has 0 heterocycles. The first kappa shape index (κ1) is 22.8. The van der Waals surface area contributed by atoms with E-state index in [9.17, 15) is 14.9 Å². The van der Waals surface area contributed by atoms with Gasteiger partial charge in [0.05, 0.1) is 16.6 Å². The maximum absolute atomic E-state index is 12.4. The maximum Gasteiger partial charge on any atom is 0.348 e. The Balaban J connectivity index is 1.72. The molecule has 0 fully saturated rings. The molecule has 0 aliphatic heterocycles. The second-order valence-electron chi connectivity index (χ2n) is 6.59. The number of nitro groups is 1. The summed E-state index contributed by atoms with van der Waals surface area (Å²) in [6.45, 7) is 4.08. The summed E-state index contributed by atoms with van der Waals surface area (Å²) in [7, 11) is 0. The van der Waals surface area contributed by atoms with Crippen LogP contribution in [-0.4, -0.2) is 23.5 Å². The number of urea groups is 1. The van der Waals surface area contributed by atoms with Crippen molar-refractivity contribution in [3.63, 3.8) is 0 Å². The highest BCUT2D eigenvalue weighted by Gasteiger charge is 2.12. The molecule has 2 amide bonds.